The van der Waals surface area contributed by atoms with Crippen molar-refractivity contribution < 1.29 is 18.5 Å². The fourth-order valence-corrected chi connectivity index (χ4v) is 3.58. The highest BCUT2D eigenvalue weighted by atomic mass is 16.5. The van der Waals surface area contributed by atoms with Crippen LogP contribution in [0.4, 0.5) is 0 Å². The van der Waals surface area contributed by atoms with Crippen LogP contribution >= 0.6 is 0 Å². The minimum atomic E-state index is -0.629. The van der Waals surface area contributed by atoms with Crippen LogP contribution in [0.15, 0.2) is 51.6 Å². The van der Waals surface area contributed by atoms with E-state index < -0.39 is 11.9 Å². The summed E-state index contributed by atoms with van der Waals surface area (Å²) in [5.41, 5.74) is 2.10. The summed E-state index contributed by atoms with van der Waals surface area (Å²) >= 11 is 0. The number of hydrogen-bond acceptors (Lipinski definition) is 6. The molecule has 2 aromatic heterocycles. The molecule has 4 rings (SSSR count). The van der Waals surface area contributed by atoms with Crippen LogP contribution < -0.4 is 5.32 Å². The van der Waals surface area contributed by atoms with Crippen molar-refractivity contribution in [1.29, 1.82) is 0 Å². The van der Waals surface area contributed by atoms with E-state index in [0.717, 1.165) is 18.4 Å². The van der Waals surface area contributed by atoms with Crippen LogP contribution in [0.5, 0.6) is 0 Å². The highest BCUT2D eigenvalue weighted by molar-refractivity contribution is 5.95. The van der Waals surface area contributed by atoms with Gasteiger partial charge in [-0.25, -0.2) is 0 Å². The van der Waals surface area contributed by atoms with Crippen LogP contribution in [-0.2, 0) is 4.79 Å². The quantitative estimate of drug-likeness (QED) is 0.696. The topological polar surface area (TPSA) is 101 Å². The van der Waals surface area contributed by atoms with Crippen LogP contribution in [-0.4, -0.2) is 46.0 Å². The van der Waals surface area contributed by atoms with Gasteiger partial charge in [-0.3, -0.25) is 9.59 Å². The lowest BCUT2D eigenvalue weighted by atomic mass is 9.96. The molecule has 0 bridgehead atoms. The number of aryl methyl sites for hydroxylation is 1. The number of aromatic nitrogens is 2. The molecule has 30 heavy (non-hydrogen) atoms. The van der Waals surface area contributed by atoms with E-state index in [1.807, 2.05) is 31.2 Å². The third-order valence-corrected chi connectivity index (χ3v) is 5.37. The molecule has 1 aromatic carbocycles. The smallest absolute Gasteiger partial charge is 0.287 e. The van der Waals surface area contributed by atoms with Gasteiger partial charge in [0.15, 0.2) is 5.76 Å². The van der Waals surface area contributed by atoms with Gasteiger partial charge in [0.05, 0.1) is 6.26 Å². The van der Waals surface area contributed by atoms with E-state index in [2.05, 4.69) is 15.5 Å². The number of piperidine rings is 1. The van der Waals surface area contributed by atoms with Gasteiger partial charge in [0.1, 0.15) is 6.04 Å². The summed E-state index contributed by atoms with van der Waals surface area (Å²) in [6.07, 6.45) is 2.90. The molecule has 3 aromatic rings. The second-order valence-corrected chi connectivity index (χ2v) is 7.59. The van der Waals surface area contributed by atoms with Crippen molar-refractivity contribution >= 4 is 11.8 Å². The second-order valence-electron chi connectivity index (χ2n) is 7.59. The lowest BCUT2D eigenvalue weighted by Crippen LogP contribution is -2.49. The summed E-state index contributed by atoms with van der Waals surface area (Å²) in [6.45, 7) is 4.87. The summed E-state index contributed by atoms with van der Waals surface area (Å²) in [4.78, 5) is 31.1. The highest BCUT2D eigenvalue weighted by Crippen LogP contribution is 2.28. The molecule has 8 nitrogen and oxygen atoms in total. The first kappa shape index (κ1) is 19.9. The van der Waals surface area contributed by atoms with Crippen LogP contribution in [0.2, 0.25) is 0 Å². The normalized spacial score (nSPS) is 15.7. The van der Waals surface area contributed by atoms with Gasteiger partial charge in [0, 0.05) is 24.6 Å². The minimum absolute atomic E-state index is 0.112. The van der Waals surface area contributed by atoms with Gasteiger partial charge in [0.2, 0.25) is 17.6 Å². The number of rotatable bonds is 5. The Morgan fingerprint density at radius 3 is 2.57 bits per heavy atom. The zero-order valence-corrected chi connectivity index (χ0v) is 17.0. The monoisotopic (exact) mass is 408 g/mol. The van der Waals surface area contributed by atoms with E-state index in [-0.39, 0.29) is 17.6 Å². The summed E-state index contributed by atoms with van der Waals surface area (Å²) < 4.78 is 10.6. The molecule has 1 saturated heterocycles. The number of furan rings is 1. The molecule has 0 unspecified atom stereocenters. The molecule has 8 heteroatoms. The Hall–Kier alpha value is -3.42. The molecule has 0 saturated carbocycles. The van der Waals surface area contributed by atoms with E-state index >= 15 is 0 Å². The van der Waals surface area contributed by atoms with Crippen molar-refractivity contribution in [3.8, 4) is 11.4 Å². The average Bonchev–Trinajstić information content (AvgIpc) is 3.46. The summed E-state index contributed by atoms with van der Waals surface area (Å²) in [7, 11) is 0. The number of hydrogen-bond donors (Lipinski definition) is 1. The van der Waals surface area contributed by atoms with Crippen molar-refractivity contribution in [1.82, 2.24) is 20.4 Å². The molecule has 1 aliphatic rings. The third-order valence-electron chi connectivity index (χ3n) is 5.37. The molecule has 1 N–H and O–H groups in total. The van der Waals surface area contributed by atoms with E-state index in [1.165, 1.54) is 11.8 Å². The second kappa shape index (κ2) is 8.52. The lowest BCUT2D eigenvalue weighted by molar-refractivity contribution is -0.134. The van der Waals surface area contributed by atoms with Crippen molar-refractivity contribution in [2.45, 2.75) is 38.6 Å². The first-order chi connectivity index (χ1) is 14.5. The largest absolute Gasteiger partial charge is 0.459 e. The predicted molar refractivity (Wildman–Crippen MR) is 109 cm³/mol. The van der Waals surface area contributed by atoms with E-state index in [1.54, 1.807) is 24.0 Å². The van der Waals surface area contributed by atoms with Crippen LogP contribution in [0.25, 0.3) is 11.4 Å². The number of amides is 2. The summed E-state index contributed by atoms with van der Waals surface area (Å²) in [5.74, 6) is 0.988. The number of likely N-dealkylation sites (tertiary alicyclic amines) is 1. The SMILES string of the molecule is Cc1ccc(-c2noc(C3CCN(C(=O)[C@@H](C)NC(=O)c4ccco4)CC3)n2)cc1. The first-order valence-corrected chi connectivity index (χ1v) is 10.0. The van der Waals surface area contributed by atoms with Gasteiger partial charge in [-0.05, 0) is 38.8 Å². The van der Waals surface area contributed by atoms with Crippen LogP contribution in [0.3, 0.4) is 0 Å². The molecule has 1 fully saturated rings. The van der Waals surface area contributed by atoms with Gasteiger partial charge in [0.25, 0.3) is 5.91 Å². The van der Waals surface area contributed by atoms with E-state index in [0.29, 0.717) is 24.8 Å². The molecule has 0 radical (unpaired) electrons. The van der Waals surface area contributed by atoms with E-state index in [4.69, 9.17) is 8.94 Å². The van der Waals surface area contributed by atoms with Gasteiger partial charge < -0.3 is 19.2 Å². The van der Waals surface area contributed by atoms with Crippen LogP contribution in [0.1, 0.15) is 47.7 Å². The van der Waals surface area contributed by atoms with Gasteiger partial charge in [-0.15, -0.1) is 0 Å². The Morgan fingerprint density at radius 1 is 1.17 bits per heavy atom. The Labute approximate surface area is 174 Å². The average molecular weight is 408 g/mol. The van der Waals surface area contributed by atoms with E-state index in [9.17, 15) is 9.59 Å². The van der Waals surface area contributed by atoms with Crippen molar-refractivity contribution in [3.05, 3.63) is 59.9 Å². The minimum Gasteiger partial charge on any atom is -0.459 e. The Balaban J connectivity index is 1.32. The molecule has 2 amide bonds. The number of carbonyl (C=O) groups is 2. The molecule has 1 atom stereocenters. The molecule has 156 valence electrons. The van der Waals surface area contributed by atoms with Gasteiger partial charge in [-0.1, -0.05) is 35.0 Å². The zero-order chi connectivity index (χ0) is 21.1. The van der Waals surface area contributed by atoms with Crippen molar-refractivity contribution in [3.63, 3.8) is 0 Å². The zero-order valence-electron chi connectivity index (χ0n) is 17.0. The predicted octanol–water partition coefficient (Wildman–Crippen LogP) is 3.16. The first-order valence-electron chi connectivity index (χ1n) is 10.0. The molecule has 0 aliphatic carbocycles. The number of nitrogens with one attached hydrogen (secondary N) is 1. The third kappa shape index (κ3) is 4.27. The number of benzene rings is 1. The van der Waals surface area contributed by atoms with Crippen LogP contribution in [0, 0.1) is 6.92 Å². The highest BCUT2D eigenvalue weighted by Gasteiger charge is 2.30. The summed E-state index contributed by atoms with van der Waals surface area (Å²) in [6, 6.07) is 10.5. The van der Waals surface area contributed by atoms with Gasteiger partial charge in [-0.2, -0.15) is 4.98 Å². The fourth-order valence-electron chi connectivity index (χ4n) is 3.58. The molecule has 0 spiro atoms. The molecular weight excluding hydrogens is 384 g/mol. The lowest BCUT2D eigenvalue weighted by Gasteiger charge is -2.32. The molecule has 3 heterocycles. The molecule has 1 aliphatic heterocycles. The van der Waals surface area contributed by atoms with Crippen molar-refractivity contribution in [2.75, 3.05) is 13.1 Å². The number of nitrogens with zero attached hydrogens (tertiary/aromatic N) is 3. The Morgan fingerprint density at radius 2 is 1.90 bits per heavy atom. The Bertz CT molecular complexity index is 1000. The number of carbonyl (C=O) groups excluding carboxylic acids is 2. The van der Waals surface area contributed by atoms with Gasteiger partial charge >= 0.3 is 0 Å². The fraction of sp³-hybridized carbons (Fsp3) is 0.364. The molecular formula is C22H24N4O4. The Kier molecular flexibility index (Phi) is 5.65. The standard InChI is InChI=1S/C22H24N4O4/c1-14-5-7-16(8-6-14)19-24-21(30-25-19)17-9-11-26(12-10-17)22(28)15(2)23-20(27)18-4-3-13-29-18/h3-8,13,15,17H,9-12H2,1-2H3,(H,23,27)/t15-/m1/s1. The maximum absolute atomic E-state index is 12.7. The van der Waals surface area contributed by atoms with Crippen molar-refractivity contribution in [2.24, 2.45) is 0 Å². The maximum atomic E-state index is 12.7. The maximum Gasteiger partial charge on any atom is 0.287 e. The summed E-state index contributed by atoms with van der Waals surface area (Å²) in [5, 5.41) is 6.79.